The summed E-state index contributed by atoms with van der Waals surface area (Å²) in [4.78, 5) is 15.6. The van der Waals surface area contributed by atoms with E-state index in [4.69, 9.17) is 15.0 Å². The van der Waals surface area contributed by atoms with Crippen molar-refractivity contribution in [2.45, 2.75) is 0 Å². The van der Waals surface area contributed by atoms with Gasteiger partial charge >= 0.3 is 0 Å². The van der Waals surface area contributed by atoms with Crippen LogP contribution in [0.25, 0.3) is 89.8 Å². The summed E-state index contributed by atoms with van der Waals surface area (Å²) in [7, 11) is 0. The normalized spacial score (nSPS) is 11.0. The zero-order chi connectivity index (χ0) is 36.1. The number of benzene rings is 8. The van der Waals surface area contributed by atoms with Gasteiger partial charge in [-0.15, -0.1) is 0 Å². The highest BCUT2D eigenvalue weighted by molar-refractivity contribution is 5.91. The molecule has 0 aliphatic carbocycles. The van der Waals surface area contributed by atoms with Gasteiger partial charge in [0.1, 0.15) is 0 Å². The Morgan fingerprint density at radius 2 is 0.426 bits per heavy atom. The van der Waals surface area contributed by atoms with E-state index in [1.807, 2.05) is 24.3 Å². The summed E-state index contributed by atoms with van der Waals surface area (Å²) in [6, 6.07) is 74.0. The van der Waals surface area contributed by atoms with Gasteiger partial charge in [-0.1, -0.05) is 212 Å². The number of nitrogens with zero attached hydrogens (tertiary/aromatic N) is 3. The van der Waals surface area contributed by atoms with E-state index in [-0.39, 0.29) is 0 Å². The Morgan fingerprint density at radius 1 is 0.167 bits per heavy atom. The maximum Gasteiger partial charge on any atom is 0.164 e. The van der Waals surface area contributed by atoms with E-state index in [0.717, 1.165) is 55.6 Å². The Labute approximate surface area is 316 Å². The van der Waals surface area contributed by atoms with Crippen molar-refractivity contribution < 1.29 is 0 Å². The van der Waals surface area contributed by atoms with E-state index >= 15 is 0 Å². The van der Waals surface area contributed by atoms with Crippen LogP contribution < -0.4 is 0 Å². The molecule has 0 amide bonds. The van der Waals surface area contributed by atoms with Gasteiger partial charge in [0.2, 0.25) is 0 Å². The van der Waals surface area contributed by atoms with Crippen LogP contribution in [0.4, 0.5) is 0 Å². The number of aromatic nitrogens is 3. The number of rotatable bonds is 8. The molecule has 9 aromatic rings. The van der Waals surface area contributed by atoms with E-state index in [0.29, 0.717) is 17.5 Å². The van der Waals surface area contributed by atoms with Crippen molar-refractivity contribution in [3.05, 3.63) is 212 Å². The molecule has 3 heteroatoms. The molecule has 0 bridgehead atoms. The van der Waals surface area contributed by atoms with Gasteiger partial charge in [-0.3, -0.25) is 0 Å². The largest absolute Gasteiger partial charge is 0.208 e. The summed E-state index contributed by atoms with van der Waals surface area (Å²) in [5.41, 5.74) is 14.1. The van der Waals surface area contributed by atoms with Crippen molar-refractivity contribution >= 4 is 0 Å². The maximum atomic E-state index is 5.26. The molecule has 0 spiro atoms. The molecule has 8 aromatic carbocycles. The second kappa shape index (κ2) is 14.8. The first-order valence-electron chi connectivity index (χ1n) is 18.2. The molecule has 0 aliphatic heterocycles. The number of hydrogen-bond donors (Lipinski definition) is 0. The van der Waals surface area contributed by atoms with E-state index in [9.17, 15) is 0 Å². The highest BCUT2D eigenvalue weighted by atomic mass is 15.0. The topological polar surface area (TPSA) is 38.7 Å². The van der Waals surface area contributed by atoms with Gasteiger partial charge in [-0.2, -0.15) is 0 Å². The average molecular weight is 690 g/mol. The van der Waals surface area contributed by atoms with Crippen molar-refractivity contribution in [2.75, 3.05) is 0 Å². The predicted molar refractivity (Wildman–Crippen MR) is 223 cm³/mol. The summed E-state index contributed by atoms with van der Waals surface area (Å²) in [5, 5.41) is 0. The zero-order valence-electron chi connectivity index (χ0n) is 29.5. The van der Waals surface area contributed by atoms with Gasteiger partial charge in [0.05, 0.1) is 0 Å². The second-order valence-corrected chi connectivity index (χ2v) is 13.2. The van der Waals surface area contributed by atoms with E-state index in [2.05, 4.69) is 188 Å². The Bertz CT molecular complexity index is 2670. The van der Waals surface area contributed by atoms with Crippen LogP contribution in [0.1, 0.15) is 0 Å². The number of hydrogen-bond acceptors (Lipinski definition) is 3. The third-order valence-electron chi connectivity index (χ3n) is 9.83. The Kier molecular flexibility index (Phi) is 8.94. The third kappa shape index (κ3) is 6.63. The maximum absolute atomic E-state index is 5.26. The highest BCUT2D eigenvalue weighted by Gasteiger charge is 2.19. The van der Waals surface area contributed by atoms with Gasteiger partial charge in [-0.25, -0.2) is 15.0 Å². The first-order chi connectivity index (χ1) is 26.8. The van der Waals surface area contributed by atoms with Crippen molar-refractivity contribution in [2.24, 2.45) is 0 Å². The molecule has 0 N–H and O–H groups in total. The summed E-state index contributed by atoms with van der Waals surface area (Å²) in [5.74, 6) is 1.87. The molecule has 0 saturated heterocycles. The van der Waals surface area contributed by atoms with Crippen molar-refractivity contribution in [1.29, 1.82) is 0 Å². The Balaban J connectivity index is 1.19. The molecule has 1 aromatic heterocycles. The SMILES string of the molecule is c1ccc(-c2ccc(-c3nc(-c4ccccc4-c4ccccc4)nc(-c4ccccc4-c4ccccc4-c4ccc(-c5ccccc5)cc4)n3)cc2)cc1. The van der Waals surface area contributed by atoms with Crippen LogP contribution in [0.15, 0.2) is 212 Å². The van der Waals surface area contributed by atoms with Crippen LogP contribution in [-0.2, 0) is 0 Å². The Hall–Kier alpha value is -7.23. The fraction of sp³-hybridized carbons (Fsp3) is 0. The lowest BCUT2D eigenvalue weighted by atomic mass is 9.91. The average Bonchev–Trinajstić information content (AvgIpc) is 3.27. The molecule has 0 fully saturated rings. The minimum absolute atomic E-state index is 0.620. The van der Waals surface area contributed by atoms with Crippen LogP contribution in [0.3, 0.4) is 0 Å². The molecule has 9 rings (SSSR count). The summed E-state index contributed by atoms with van der Waals surface area (Å²) in [6.07, 6.45) is 0. The van der Waals surface area contributed by atoms with Crippen LogP contribution in [-0.4, -0.2) is 15.0 Å². The molecule has 0 aliphatic rings. The first kappa shape index (κ1) is 32.7. The lowest BCUT2D eigenvalue weighted by Gasteiger charge is -2.16. The van der Waals surface area contributed by atoms with E-state index in [1.54, 1.807) is 0 Å². The second-order valence-electron chi connectivity index (χ2n) is 13.2. The first-order valence-corrected chi connectivity index (χ1v) is 18.2. The summed E-state index contributed by atoms with van der Waals surface area (Å²) in [6.45, 7) is 0. The molecule has 0 saturated carbocycles. The minimum atomic E-state index is 0.620. The standard InChI is InChI=1S/C51H35N3/c1-4-16-36(17-5-1)38-28-32-41(33-29-38)43-22-10-12-24-45(43)46-25-13-15-27-48(46)51-53-49(42-34-30-39(31-35-42)37-18-6-2-7-19-37)52-50(54-51)47-26-14-11-23-44(47)40-20-8-3-9-21-40/h1-35H. The van der Waals surface area contributed by atoms with Gasteiger partial charge in [0, 0.05) is 16.7 Å². The van der Waals surface area contributed by atoms with Gasteiger partial charge in [0.25, 0.3) is 0 Å². The lowest BCUT2D eigenvalue weighted by molar-refractivity contribution is 1.07. The summed E-state index contributed by atoms with van der Waals surface area (Å²) >= 11 is 0. The predicted octanol–water partition coefficient (Wildman–Crippen LogP) is 13.2. The Morgan fingerprint density at radius 3 is 0.907 bits per heavy atom. The van der Waals surface area contributed by atoms with E-state index in [1.165, 1.54) is 16.7 Å². The van der Waals surface area contributed by atoms with Crippen molar-refractivity contribution in [1.82, 2.24) is 15.0 Å². The van der Waals surface area contributed by atoms with Crippen LogP contribution >= 0.6 is 0 Å². The zero-order valence-corrected chi connectivity index (χ0v) is 29.5. The van der Waals surface area contributed by atoms with Crippen LogP contribution in [0.2, 0.25) is 0 Å². The monoisotopic (exact) mass is 689 g/mol. The molecule has 0 radical (unpaired) electrons. The molecule has 54 heavy (non-hydrogen) atoms. The molecule has 0 unspecified atom stereocenters. The quantitative estimate of drug-likeness (QED) is 0.159. The molecule has 254 valence electrons. The van der Waals surface area contributed by atoms with Crippen LogP contribution in [0.5, 0.6) is 0 Å². The highest BCUT2D eigenvalue weighted by Crippen LogP contribution is 2.39. The third-order valence-corrected chi connectivity index (χ3v) is 9.83. The van der Waals surface area contributed by atoms with Gasteiger partial charge in [0.15, 0.2) is 17.5 Å². The molecular weight excluding hydrogens is 655 g/mol. The van der Waals surface area contributed by atoms with E-state index < -0.39 is 0 Å². The molecular formula is C51H35N3. The smallest absolute Gasteiger partial charge is 0.164 e. The lowest BCUT2D eigenvalue weighted by Crippen LogP contribution is -2.02. The molecule has 1 heterocycles. The molecule has 0 atom stereocenters. The molecule has 3 nitrogen and oxygen atoms in total. The fourth-order valence-corrected chi connectivity index (χ4v) is 7.09. The minimum Gasteiger partial charge on any atom is -0.208 e. The van der Waals surface area contributed by atoms with Gasteiger partial charge in [-0.05, 0) is 55.6 Å². The van der Waals surface area contributed by atoms with Gasteiger partial charge < -0.3 is 0 Å². The van der Waals surface area contributed by atoms with Crippen LogP contribution in [0, 0.1) is 0 Å². The van der Waals surface area contributed by atoms with Crippen molar-refractivity contribution in [3.8, 4) is 89.8 Å². The van der Waals surface area contributed by atoms with Crippen molar-refractivity contribution in [3.63, 3.8) is 0 Å². The fourth-order valence-electron chi connectivity index (χ4n) is 7.09. The summed E-state index contributed by atoms with van der Waals surface area (Å²) < 4.78 is 0.